The van der Waals surface area contributed by atoms with E-state index in [1.165, 1.54) is 4.57 Å². The average molecular weight is 350 g/mol. The smallest absolute Gasteiger partial charge is 0.332 e. The van der Waals surface area contributed by atoms with Gasteiger partial charge in [-0.1, -0.05) is 11.6 Å². The first-order valence-corrected chi connectivity index (χ1v) is 8.57. The molecule has 128 valence electrons. The maximum atomic E-state index is 12.8. The number of halogens is 1. The first-order chi connectivity index (χ1) is 11.5. The monoisotopic (exact) mass is 349 g/mol. The lowest BCUT2D eigenvalue weighted by molar-refractivity contribution is -0.133. The first-order valence-electron chi connectivity index (χ1n) is 8.19. The van der Waals surface area contributed by atoms with Crippen LogP contribution >= 0.6 is 11.6 Å². The molecule has 1 fully saturated rings. The van der Waals surface area contributed by atoms with E-state index in [1.54, 1.807) is 36.9 Å². The Balaban J connectivity index is 2.25. The minimum absolute atomic E-state index is 0.0998. The lowest BCUT2D eigenvalue weighted by atomic mass is 10.2. The van der Waals surface area contributed by atoms with Crippen LogP contribution in [-0.4, -0.2) is 33.0 Å². The fraction of sp³-hybridized carbons (Fsp3) is 0.471. The van der Waals surface area contributed by atoms with E-state index < -0.39 is 11.7 Å². The van der Waals surface area contributed by atoms with E-state index in [2.05, 4.69) is 0 Å². The van der Waals surface area contributed by atoms with E-state index in [0.29, 0.717) is 29.0 Å². The molecule has 0 bridgehead atoms. The second kappa shape index (κ2) is 6.43. The van der Waals surface area contributed by atoms with E-state index in [-0.39, 0.29) is 18.0 Å². The Bertz CT molecular complexity index is 910. The highest BCUT2D eigenvalue weighted by Crippen LogP contribution is 2.21. The van der Waals surface area contributed by atoms with Gasteiger partial charge in [0.05, 0.1) is 10.9 Å². The summed E-state index contributed by atoms with van der Waals surface area (Å²) in [4.78, 5) is 39.9. The lowest BCUT2D eigenvalue weighted by Crippen LogP contribution is -2.44. The highest BCUT2D eigenvalue weighted by Gasteiger charge is 2.27. The van der Waals surface area contributed by atoms with Crippen molar-refractivity contribution in [2.24, 2.45) is 0 Å². The van der Waals surface area contributed by atoms with Crippen LogP contribution in [0.25, 0.3) is 10.9 Å². The number of fused-ring (bicyclic) bond motifs is 1. The van der Waals surface area contributed by atoms with Crippen LogP contribution in [0.15, 0.2) is 27.8 Å². The minimum atomic E-state index is -0.685. The summed E-state index contributed by atoms with van der Waals surface area (Å²) < 4.78 is 2.55. The van der Waals surface area contributed by atoms with Crippen LogP contribution < -0.4 is 11.2 Å². The quantitative estimate of drug-likeness (QED) is 0.851. The summed E-state index contributed by atoms with van der Waals surface area (Å²) in [6.07, 6.45) is 1.96. The van der Waals surface area contributed by atoms with E-state index in [4.69, 9.17) is 11.6 Å². The molecule has 0 spiro atoms. The number of benzene rings is 1. The molecular formula is C17H20ClN3O3. The molecule has 6 nitrogen and oxygen atoms in total. The van der Waals surface area contributed by atoms with Crippen molar-refractivity contribution in [1.82, 2.24) is 14.0 Å². The standard InChI is InChI=1S/C17H20ClN3O3/c1-3-20-16(23)13-7-6-12(18)10-14(13)21(17(20)24)11(2)15(22)19-8-4-5-9-19/h6-7,10-11H,3-5,8-9H2,1-2H3. The van der Waals surface area contributed by atoms with Gasteiger partial charge in [0.2, 0.25) is 5.91 Å². The molecule has 1 aromatic carbocycles. The third-order valence-electron chi connectivity index (χ3n) is 4.61. The number of likely N-dealkylation sites (tertiary alicyclic amines) is 1. The maximum absolute atomic E-state index is 12.8. The molecule has 1 saturated heterocycles. The highest BCUT2D eigenvalue weighted by atomic mass is 35.5. The molecule has 0 aliphatic carbocycles. The number of hydrogen-bond acceptors (Lipinski definition) is 3. The van der Waals surface area contributed by atoms with Crippen molar-refractivity contribution in [3.63, 3.8) is 0 Å². The van der Waals surface area contributed by atoms with E-state index in [1.807, 2.05) is 0 Å². The Hall–Kier alpha value is -2.08. The molecule has 1 amide bonds. The number of nitrogens with zero attached hydrogens (tertiary/aromatic N) is 3. The van der Waals surface area contributed by atoms with Crippen LogP contribution in [0.2, 0.25) is 5.02 Å². The molecule has 0 N–H and O–H groups in total. The molecule has 1 aliphatic rings. The van der Waals surface area contributed by atoms with Crippen molar-refractivity contribution >= 4 is 28.4 Å². The molecule has 3 rings (SSSR count). The Morgan fingerprint density at radius 3 is 2.54 bits per heavy atom. The van der Waals surface area contributed by atoms with Crippen molar-refractivity contribution in [1.29, 1.82) is 0 Å². The summed E-state index contributed by atoms with van der Waals surface area (Å²) in [6.45, 7) is 5.11. The Morgan fingerprint density at radius 2 is 1.92 bits per heavy atom. The number of amides is 1. The molecular weight excluding hydrogens is 330 g/mol. The molecule has 1 atom stereocenters. The molecule has 2 heterocycles. The Morgan fingerprint density at radius 1 is 1.25 bits per heavy atom. The zero-order valence-electron chi connectivity index (χ0n) is 13.8. The summed E-state index contributed by atoms with van der Waals surface area (Å²) in [7, 11) is 0. The van der Waals surface area contributed by atoms with Gasteiger partial charge >= 0.3 is 5.69 Å². The van der Waals surface area contributed by atoms with Gasteiger partial charge in [-0.3, -0.25) is 18.7 Å². The number of carbonyl (C=O) groups is 1. The average Bonchev–Trinajstić information content (AvgIpc) is 3.08. The molecule has 1 aromatic heterocycles. The van der Waals surface area contributed by atoms with Gasteiger partial charge in [-0.15, -0.1) is 0 Å². The molecule has 7 heteroatoms. The number of carbonyl (C=O) groups excluding carboxylic acids is 1. The van der Waals surface area contributed by atoms with Crippen molar-refractivity contribution < 1.29 is 4.79 Å². The fourth-order valence-electron chi connectivity index (χ4n) is 3.32. The number of aromatic nitrogens is 2. The van der Waals surface area contributed by atoms with Gasteiger partial charge in [0.15, 0.2) is 0 Å². The first kappa shape index (κ1) is 16.8. The molecule has 0 radical (unpaired) electrons. The van der Waals surface area contributed by atoms with Crippen LogP contribution in [0, 0.1) is 0 Å². The van der Waals surface area contributed by atoms with Crippen LogP contribution in [-0.2, 0) is 11.3 Å². The van der Waals surface area contributed by atoms with E-state index in [9.17, 15) is 14.4 Å². The van der Waals surface area contributed by atoms with Crippen LogP contribution in [0.4, 0.5) is 0 Å². The molecule has 0 saturated carbocycles. The van der Waals surface area contributed by atoms with Crippen molar-refractivity contribution in [2.75, 3.05) is 13.1 Å². The van der Waals surface area contributed by atoms with Crippen molar-refractivity contribution in [3.8, 4) is 0 Å². The van der Waals surface area contributed by atoms with Gasteiger partial charge in [-0.2, -0.15) is 0 Å². The molecule has 1 unspecified atom stereocenters. The van der Waals surface area contributed by atoms with E-state index in [0.717, 1.165) is 17.4 Å². The Kier molecular flexibility index (Phi) is 4.49. The summed E-state index contributed by atoms with van der Waals surface area (Å²) in [6, 6.07) is 4.12. The highest BCUT2D eigenvalue weighted by molar-refractivity contribution is 6.31. The summed E-state index contributed by atoms with van der Waals surface area (Å²) in [5.41, 5.74) is -0.425. The summed E-state index contributed by atoms with van der Waals surface area (Å²) >= 11 is 6.06. The maximum Gasteiger partial charge on any atom is 0.332 e. The van der Waals surface area contributed by atoms with Gasteiger partial charge in [0.1, 0.15) is 6.04 Å². The lowest BCUT2D eigenvalue weighted by Gasteiger charge is -2.24. The van der Waals surface area contributed by atoms with Gasteiger partial charge in [-0.25, -0.2) is 4.79 Å². The molecule has 1 aliphatic heterocycles. The second-order valence-electron chi connectivity index (χ2n) is 6.07. The minimum Gasteiger partial charge on any atom is -0.341 e. The van der Waals surface area contributed by atoms with Gasteiger partial charge < -0.3 is 4.90 Å². The SMILES string of the molecule is CCn1c(=O)c2ccc(Cl)cc2n(C(C)C(=O)N2CCCC2)c1=O. The third-order valence-corrected chi connectivity index (χ3v) is 4.85. The topological polar surface area (TPSA) is 64.3 Å². The van der Waals surface area contributed by atoms with Crippen LogP contribution in [0.5, 0.6) is 0 Å². The zero-order chi connectivity index (χ0) is 17.4. The number of rotatable bonds is 3. The second-order valence-corrected chi connectivity index (χ2v) is 6.51. The van der Waals surface area contributed by atoms with Crippen molar-refractivity contribution in [3.05, 3.63) is 44.1 Å². The normalized spacial score (nSPS) is 15.9. The summed E-state index contributed by atoms with van der Waals surface area (Å²) in [5.74, 6) is -0.0998. The third kappa shape index (κ3) is 2.65. The largest absolute Gasteiger partial charge is 0.341 e. The van der Waals surface area contributed by atoms with Gasteiger partial charge in [-0.05, 0) is 44.9 Å². The fourth-order valence-corrected chi connectivity index (χ4v) is 3.48. The Labute approximate surface area is 144 Å². The summed E-state index contributed by atoms with van der Waals surface area (Å²) in [5, 5.41) is 0.812. The number of hydrogen-bond donors (Lipinski definition) is 0. The van der Waals surface area contributed by atoms with Crippen LogP contribution in [0.1, 0.15) is 32.7 Å². The van der Waals surface area contributed by atoms with E-state index >= 15 is 0 Å². The van der Waals surface area contributed by atoms with Gasteiger partial charge in [0, 0.05) is 24.7 Å². The van der Waals surface area contributed by atoms with Crippen molar-refractivity contribution in [2.45, 2.75) is 39.3 Å². The predicted molar refractivity (Wildman–Crippen MR) is 93.7 cm³/mol. The zero-order valence-corrected chi connectivity index (χ0v) is 14.5. The molecule has 24 heavy (non-hydrogen) atoms. The van der Waals surface area contributed by atoms with Crippen LogP contribution in [0.3, 0.4) is 0 Å². The van der Waals surface area contributed by atoms with Gasteiger partial charge in [0.25, 0.3) is 5.56 Å². The predicted octanol–water partition coefficient (Wildman–Crippen LogP) is 2.02. The molecule has 2 aromatic rings.